The molecule has 1 N–H and O–H groups in total. The van der Waals surface area contributed by atoms with E-state index in [0.717, 1.165) is 17.4 Å². The number of rotatable bonds is 7. The molecule has 1 aromatic heterocycles. The average Bonchev–Trinajstić information content (AvgIpc) is 2.73. The van der Waals surface area contributed by atoms with E-state index in [1.165, 1.54) is 0 Å². The second kappa shape index (κ2) is 9.24. The molecule has 0 fully saturated rings. The summed E-state index contributed by atoms with van der Waals surface area (Å²) in [5.41, 5.74) is 1.41. The second-order valence-corrected chi connectivity index (χ2v) is 7.32. The number of halogens is 3. The molecule has 0 radical (unpaired) electrons. The Morgan fingerprint density at radius 1 is 1.03 bits per heavy atom. The number of nitrogens with zero attached hydrogens (tertiary/aromatic N) is 3. The summed E-state index contributed by atoms with van der Waals surface area (Å²) in [6.45, 7) is 6.54. The molecule has 5 nitrogen and oxygen atoms in total. The Bertz CT molecular complexity index is 1000. The van der Waals surface area contributed by atoms with E-state index in [1.807, 2.05) is 19.1 Å². The third kappa shape index (κ3) is 5.45. The summed E-state index contributed by atoms with van der Waals surface area (Å²) >= 11 is 0. The predicted octanol–water partition coefficient (Wildman–Crippen LogP) is 6.53. The Hall–Kier alpha value is -3.29. The minimum Gasteiger partial charge on any atom is -0.494 e. The summed E-state index contributed by atoms with van der Waals surface area (Å²) in [6, 6.07) is 14.4. The summed E-state index contributed by atoms with van der Waals surface area (Å²) < 4.78 is 46.1. The molecule has 3 aromatic rings. The van der Waals surface area contributed by atoms with Crippen molar-refractivity contribution >= 4 is 23.1 Å². The molecule has 0 unspecified atom stereocenters. The highest BCUT2D eigenvalue weighted by Gasteiger charge is 2.35. The van der Waals surface area contributed by atoms with Crippen LogP contribution < -0.4 is 15.0 Å². The van der Waals surface area contributed by atoms with Crippen LogP contribution in [0.3, 0.4) is 0 Å². The van der Waals surface area contributed by atoms with E-state index in [9.17, 15) is 13.2 Å². The topological polar surface area (TPSA) is 50.3 Å². The van der Waals surface area contributed by atoms with E-state index in [1.54, 1.807) is 48.3 Å². The lowest BCUT2D eigenvalue weighted by Gasteiger charge is -2.20. The molecule has 0 saturated carbocycles. The lowest BCUT2D eigenvalue weighted by atomic mass is 10.0. The smallest absolute Gasteiger partial charge is 0.421 e. The molecule has 2 aromatic carbocycles. The van der Waals surface area contributed by atoms with Crippen LogP contribution in [0, 0.1) is 0 Å². The van der Waals surface area contributed by atoms with Crippen LogP contribution >= 0.6 is 0 Å². The molecule has 0 saturated heterocycles. The molecular formula is C23H25F3N4O. The SMILES string of the molecule is CCOc1ccc(N(C)c2ncc(C(F)(F)F)c(Nc3ccc(C(C)C)cc3)n2)cc1. The van der Waals surface area contributed by atoms with Gasteiger partial charge in [-0.3, -0.25) is 0 Å². The van der Waals surface area contributed by atoms with Crippen molar-refractivity contribution in [2.24, 2.45) is 0 Å². The Labute approximate surface area is 179 Å². The van der Waals surface area contributed by atoms with Gasteiger partial charge in [-0.2, -0.15) is 18.2 Å². The largest absolute Gasteiger partial charge is 0.494 e. The first-order valence-corrected chi connectivity index (χ1v) is 9.97. The van der Waals surface area contributed by atoms with Gasteiger partial charge in [0.2, 0.25) is 5.95 Å². The van der Waals surface area contributed by atoms with E-state index in [-0.39, 0.29) is 11.8 Å². The van der Waals surface area contributed by atoms with Gasteiger partial charge in [-0.1, -0.05) is 26.0 Å². The van der Waals surface area contributed by atoms with Crippen molar-refractivity contribution in [2.45, 2.75) is 32.9 Å². The fourth-order valence-electron chi connectivity index (χ4n) is 2.97. The zero-order valence-corrected chi connectivity index (χ0v) is 17.9. The summed E-state index contributed by atoms with van der Waals surface area (Å²) in [7, 11) is 1.69. The quantitative estimate of drug-likeness (QED) is 0.462. The minimum absolute atomic E-state index is 0.137. The molecule has 0 atom stereocenters. The van der Waals surface area contributed by atoms with Crippen molar-refractivity contribution in [2.75, 3.05) is 23.9 Å². The van der Waals surface area contributed by atoms with Gasteiger partial charge in [0.1, 0.15) is 17.1 Å². The van der Waals surface area contributed by atoms with Crippen LogP contribution in [0.4, 0.5) is 36.3 Å². The van der Waals surface area contributed by atoms with Crippen LogP contribution in [0.5, 0.6) is 5.75 Å². The second-order valence-electron chi connectivity index (χ2n) is 7.32. The maximum atomic E-state index is 13.5. The minimum atomic E-state index is -4.59. The number of hydrogen-bond acceptors (Lipinski definition) is 5. The summed E-state index contributed by atoms with van der Waals surface area (Å²) in [4.78, 5) is 9.74. The summed E-state index contributed by atoms with van der Waals surface area (Å²) in [5.74, 6) is 0.874. The Morgan fingerprint density at radius 2 is 1.68 bits per heavy atom. The molecule has 0 bridgehead atoms. The molecule has 0 aliphatic heterocycles. The summed E-state index contributed by atoms with van der Waals surface area (Å²) in [5, 5.41) is 2.80. The van der Waals surface area contributed by atoms with Crippen molar-refractivity contribution in [1.29, 1.82) is 0 Å². The van der Waals surface area contributed by atoms with Crippen LogP contribution in [0.15, 0.2) is 54.7 Å². The molecule has 164 valence electrons. The normalized spacial score (nSPS) is 11.5. The van der Waals surface area contributed by atoms with Gasteiger partial charge in [0.15, 0.2) is 0 Å². The average molecular weight is 430 g/mol. The van der Waals surface area contributed by atoms with Gasteiger partial charge in [-0.05, 0) is 54.8 Å². The number of benzene rings is 2. The van der Waals surface area contributed by atoms with E-state index >= 15 is 0 Å². The van der Waals surface area contributed by atoms with Crippen molar-refractivity contribution in [3.05, 3.63) is 65.9 Å². The molecule has 31 heavy (non-hydrogen) atoms. The molecule has 0 spiro atoms. The van der Waals surface area contributed by atoms with Crippen molar-refractivity contribution in [3.8, 4) is 5.75 Å². The maximum absolute atomic E-state index is 13.5. The Balaban J connectivity index is 1.92. The molecule has 8 heteroatoms. The standard InChI is InChI=1S/C23H25F3N4O/c1-5-31-19-12-10-18(11-13-19)30(4)22-27-14-20(23(24,25)26)21(29-22)28-17-8-6-16(7-9-17)15(2)3/h6-15H,5H2,1-4H3,(H,27,28,29). The van der Waals surface area contributed by atoms with Crippen molar-refractivity contribution in [3.63, 3.8) is 0 Å². The molecular weight excluding hydrogens is 405 g/mol. The third-order valence-electron chi connectivity index (χ3n) is 4.76. The zero-order valence-electron chi connectivity index (χ0n) is 17.9. The van der Waals surface area contributed by atoms with Gasteiger partial charge < -0.3 is 15.0 Å². The van der Waals surface area contributed by atoms with Crippen LogP contribution in [0.2, 0.25) is 0 Å². The maximum Gasteiger partial charge on any atom is 0.421 e. The van der Waals surface area contributed by atoms with E-state index in [0.29, 0.717) is 24.0 Å². The molecule has 0 amide bonds. The number of ether oxygens (including phenoxy) is 1. The molecule has 0 aliphatic carbocycles. The van der Waals surface area contributed by atoms with E-state index < -0.39 is 11.7 Å². The number of nitrogens with one attached hydrogen (secondary N) is 1. The van der Waals surface area contributed by atoms with Crippen LogP contribution in [0.25, 0.3) is 0 Å². The number of anilines is 4. The van der Waals surface area contributed by atoms with Crippen LogP contribution in [-0.2, 0) is 6.18 Å². The fraction of sp³-hybridized carbons (Fsp3) is 0.304. The number of alkyl halides is 3. The molecule has 1 heterocycles. The van der Waals surface area contributed by atoms with Gasteiger partial charge in [0.25, 0.3) is 0 Å². The first-order chi connectivity index (χ1) is 14.7. The van der Waals surface area contributed by atoms with Gasteiger partial charge >= 0.3 is 6.18 Å². The van der Waals surface area contributed by atoms with E-state index in [2.05, 4.69) is 29.1 Å². The number of hydrogen-bond donors (Lipinski definition) is 1. The first kappa shape index (κ1) is 22.4. The zero-order chi connectivity index (χ0) is 22.6. The van der Waals surface area contributed by atoms with Crippen LogP contribution in [0.1, 0.15) is 37.8 Å². The van der Waals surface area contributed by atoms with Crippen molar-refractivity contribution < 1.29 is 17.9 Å². The van der Waals surface area contributed by atoms with Gasteiger partial charge in [0.05, 0.1) is 6.61 Å². The lowest BCUT2D eigenvalue weighted by Crippen LogP contribution is -2.17. The third-order valence-corrected chi connectivity index (χ3v) is 4.76. The van der Waals surface area contributed by atoms with Gasteiger partial charge in [-0.15, -0.1) is 0 Å². The van der Waals surface area contributed by atoms with Crippen molar-refractivity contribution in [1.82, 2.24) is 9.97 Å². The van der Waals surface area contributed by atoms with E-state index in [4.69, 9.17) is 4.74 Å². The predicted molar refractivity (Wildman–Crippen MR) is 117 cm³/mol. The fourth-order valence-corrected chi connectivity index (χ4v) is 2.97. The van der Waals surface area contributed by atoms with Crippen LogP contribution in [-0.4, -0.2) is 23.6 Å². The first-order valence-electron chi connectivity index (χ1n) is 9.97. The molecule has 0 aliphatic rings. The Kier molecular flexibility index (Phi) is 6.68. The highest BCUT2D eigenvalue weighted by atomic mass is 19.4. The lowest BCUT2D eigenvalue weighted by molar-refractivity contribution is -0.137. The Morgan fingerprint density at radius 3 is 2.23 bits per heavy atom. The summed E-state index contributed by atoms with van der Waals surface area (Å²) in [6.07, 6.45) is -3.78. The van der Waals surface area contributed by atoms with Gasteiger partial charge in [-0.25, -0.2) is 4.98 Å². The molecule has 3 rings (SSSR count). The number of aromatic nitrogens is 2. The van der Waals surface area contributed by atoms with Gasteiger partial charge in [0, 0.05) is 24.6 Å². The highest BCUT2D eigenvalue weighted by molar-refractivity contribution is 5.64. The monoisotopic (exact) mass is 430 g/mol. The highest BCUT2D eigenvalue weighted by Crippen LogP contribution is 2.36.